The van der Waals surface area contributed by atoms with Gasteiger partial charge in [-0.1, -0.05) is 180 Å². The molecule has 0 bridgehead atoms. The van der Waals surface area contributed by atoms with E-state index in [4.69, 9.17) is 18.5 Å². The number of phosphoric ester groups is 1. The van der Waals surface area contributed by atoms with Crippen molar-refractivity contribution >= 4 is 46.8 Å². The molecule has 0 radical (unpaired) electrons. The Labute approximate surface area is 444 Å². The average molecular weight is 1120 g/mol. The van der Waals surface area contributed by atoms with Gasteiger partial charge in [0.25, 0.3) is 5.08 Å². The van der Waals surface area contributed by atoms with Crippen LogP contribution in [0.2, 0.25) is 0 Å². The van der Waals surface area contributed by atoms with E-state index < -0.39 is 59.2 Å². The Hall–Kier alpha value is -2.01. The van der Waals surface area contributed by atoms with Crippen LogP contribution in [-0.2, 0) is 51.4 Å². The highest BCUT2D eigenvalue weighted by Gasteiger charge is 2.58. The number of ether oxygens (including phenoxy) is 2. The van der Waals surface area contributed by atoms with Crippen LogP contribution in [0.5, 0.6) is 0 Å². The number of unbranched alkanes of at least 4 members (excludes halogenated alkanes) is 27. The number of allylic oxidation sites excluding steroid dienone is 2. The fourth-order valence-electron chi connectivity index (χ4n) is 8.11. The van der Waals surface area contributed by atoms with Gasteiger partial charge in [-0.15, -0.1) is 0 Å². The van der Waals surface area contributed by atoms with E-state index in [9.17, 15) is 62.4 Å². The molecule has 0 aliphatic heterocycles. The number of amides is 2. The molecule has 2 amide bonds. The second-order valence-corrected chi connectivity index (χ2v) is 25.1. The molecule has 0 aromatic rings. The first kappa shape index (κ1) is 72.0. The van der Waals surface area contributed by atoms with E-state index >= 15 is 0 Å². The Morgan fingerprint density at radius 3 is 1.32 bits per heavy atom. The minimum Gasteiger partial charge on any atom is -0.462 e. The van der Waals surface area contributed by atoms with Crippen LogP contribution < -0.4 is 10.6 Å². The van der Waals surface area contributed by atoms with Gasteiger partial charge in [0.15, 0.2) is 6.10 Å². The summed E-state index contributed by atoms with van der Waals surface area (Å²) in [6.07, 6.45) is 35.9. The van der Waals surface area contributed by atoms with Gasteiger partial charge in [-0.05, 0) is 51.4 Å². The van der Waals surface area contributed by atoms with E-state index in [1.807, 2.05) is 12.2 Å². The largest absolute Gasteiger partial charge is 0.472 e. The summed E-state index contributed by atoms with van der Waals surface area (Å²) in [5.74, 6) is -1.60. The van der Waals surface area contributed by atoms with Crippen LogP contribution in [0.15, 0.2) is 12.2 Å². The smallest absolute Gasteiger partial charge is 0.462 e. The van der Waals surface area contributed by atoms with Crippen molar-refractivity contribution in [3.8, 4) is 0 Å². The van der Waals surface area contributed by atoms with Crippen LogP contribution in [0.25, 0.3) is 0 Å². The molecule has 0 fully saturated rings. The van der Waals surface area contributed by atoms with Gasteiger partial charge >= 0.3 is 35.0 Å². The number of phosphoric acid groups is 1. The lowest BCUT2D eigenvalue weighted by Crippen LogP contribution is -2.31. The summed E-state index contributed by atoms with van der Waals surface area (Å²) in [6.45, 7) is 3.06. The quantitative estimate of drug-likeness (QED) is 0.0121. The summed E-state index contributed by atoms with van der Waals surface area (Å²) in [5, 5.41) is 11.5. The van der Waals surface area contributed by atoms with E-state index in [1.54, 1.807) is 0 Å². The zero-order chi connectivity index (χ0) is 55.2. The van der Waals surface area contributed by atoms with Crippen LogP contribution in [0.1, 0.15) is 251 Å². The third-order valence-corrected chi connectivity index (χ3v) is 17.6. The van der Waals surface area contributed by atoms with Crippen LogP contribution in [0.3, 0.4) is 0 Å². The minimum absolute atomic E-state index is 0.0620. The molecule has 22 heteroatoms. The zero-order valence-electron chi connectivity index (χ0n) is 45.4. The first-order valence-electron chi connectivity index (χ1n) is 28.3. The van der Waals surface area contributed by atoms with Crippen LogP contribution in [0.4, 0.5) is 0 Å². The summed E-state index contributed by atoms with van der Waals surface area (Å²) in [6, 6.07) is 0. The van der Waals surface area contributed by atoms with Crippen molar-refractivity contribution in [1.29, 1.82) is 0 Å². The summed E-state index contributed by atoms with van der Waals surface area (Å²) in [4.78, 5) is 96.8. The highest BCUT2D eigenvalue weighted by molar-refractivity contribution is 7.72. The number of carbonyl (C=O) groups is 4. The van der Waals surface area contributed by atoms with Crippen LogP contribution >= 0.6 is 23.0 Å². The Balaban J connectivity index is 4.56. The topological polar surface area (TPSA) is 302 Å². The molecule has 0 rings (SSSR count). The molecule has 0 spiro atoms. The van der Waals surface area contributed by atoms with E-state index in [0.29, 0.717) is 44.9 Å². The third-order valence-electron chi connectivity index (χ3n) is 12.7. The summed E-state index contributed by atoms with van der Waals surface area (Å²) >= 11 is 0. The molecular formula is C52H101N2O17P3. The lowest BCUT2D eigenvalue weighted by molar-refractivity contribution is -0.161. The summed E-state index contributed by atoms with van der Waals surface area (Å²) in [7, 11) is -15.7. The number of carbonyl (C=O) groups excluding carboxylic acids is 4. The van der Waals surface area contributed by atoms with Crippen molar-refractivity contribution in [3.05, 3.63) is 12.2 Å². The number of nitrogens with one attached hydrogen (secondary N) is 2. The van der Waals surface area contributed by atoms with Crippen molar-refractivity contribution in [3.63, 3.8) is 0 Å². The van der Waals surface area contributed by atoms with E-state index in [0.717, 1.165) is 38.5 Å². The maximum Gasteiger partial charge on any atom is 0.472 e. The predicted octanol–water partition coefficient (Wildman–Crippen LogP) is 11.8. The highest BCUT2D eigenvalue weighted by atomic mass is 31.2. The van der Waals surface area contributed by atoms with Gasteiger partial charge in [-0.25, -0.2) is 4.57 Å². The molecule has 0 aliphatic rings. The molecule has 2 atom stereocenters. The zero-order valence-corrected chi connectivity index (χ0v) is 48.1. The molecule has 0 aliphatic carbocycles. The number of rotatable bonds is 53. The SMILES string of the molecule is CCCCCCCCCCCCCCCC(=O)OCC(COP(=O)(O)OCCNC(=O)CCC/C=C/CCCCC(=O)NCCCC(O)(P(=O)(O)O)P(=O)(O)O)OC(=O)CCCCCCCCCCCCCCC. The lowest BCUT2D eigenvalue weighted by atomic mass is 10.0. The number of hydrogen-bond donors (Lipinski definition) is 8. The van der Waals surface area contributed by atoms with Crippen LogP contribution in [0, 0.1) is 0 Å². The molecule has 8 N–H and O–H groups in total. The van der Waals surface area contributed by atoms with E-state index in [1.165, 1.54) is 116 Å². The summed E-state index contributed by atoms with van der Waals surface area (Å²) < 4.78 is 56.7. The molecule has 0 saturated heterocycles. The monoisotopic (exact) mass is 1120 g/mol. The van der Waals surface area contributed by atoms with Gasteiger partial charge in [0.1, 0.15) is 6.61 Å². The van der Waals surface area contributed by atoms with Gasteiger partial charge in [-0.3, -0.25) is 37.4 Å². The molecule has 19 nitrogen and oxygen atoms in total. The second-order valence-electron chi connectivity index (χ2n) is 19.7. The number of aliphatic hydroxyl groups is 1. The van der Waals surface area contributed by atoms with Gasteiger partial charge in [0.2, 0.25) is 11.8 Å². The molecule has 74 heavy (non-hydrogen) atoms. The normalized spacial score (nSPS) is 13.5. The summed E-state index contributed by atoms with van der Waals surface area (Å²) in [5.41, 5.74) is 0. The first-order chi connectivity index (χ1) is 35.3. The standard InChI is InChI=1S/C52H101N2O17P3/c1-3-5-7-9-11-13-15-17-19-21-26-30-34-39-50(57)68-45-47(71-51(58)40-35-31-27-22-20-18-16-14-12-10-8-6-4-2)46-70-74(66,67)69-44-43-54-49(56)38-33-29-25-23-24-28-32-37-48(55)53-42-36-41-52(59,72(60,61)62)73(63,64)65/h23,25,47,59H,3-22,24,26-46H2,1-2H3,(H,53,55)(H,54,56)(H,66,67)(H2,60,61,62)(H2,63,64,65)/b25-23+. The molecule has 0 aromatic carbocycles. The fraction of sp³-hybridized carbons (Fsp3) is 0.885. The molecule has 0 aromatic heterocycles. The predicted molar refractivity (Wildman–Crippen MR) is 289 cm³/mol. The maximum atomic E-state index is 12.8. The third kappa shape index (κ3) is 42.1. The maximum absolute atomic E-state index is 12.8. The first-order valence-corrected chi connectivity index (χ1v) is 33.0. The van der Waals surface area contributed by atoms with Crippen LogP contribution in [-0.4, -0.2) is 97.4 Å². The Kier molecular flexibility index (Phi) is 44.7. The van der Waals surface area contributed by atoms with Crippen molar-refractivity contribution in [2.24, 2.45) is 0 Å². The molecule has 2 unspecified atom stereocenters. The van der Waals surface area contributed by atoms with Crippen molar-refractivity contribution in [1.82, 2.24) is 10.6 Å². The highest BCUT2D eigenvalue weighted by Crippen LogP contribution is 2.69. The second kappa shape index (κ2) is 46.0. The number of hydrogen-bond acceptors (Lipinski definition) is 12. The fourth-order valence-corrected chi connectivity index (χ4v) is 11.1. The van der Waals surface area contributed by atoms with Gasteiger partial charge in [0.05, 0.1) is 13.2 Å². The van der Waals surface area contributed by atoms with Crippen molar-refractivity contribution < 1.29 is 81.0 Å². The lowest BCUT2D eigenvalue weighted by Gasteiger charge is -2.29. The minimum atomic E-state index is -5.54. The van der Waals surface area contributed by atoms with E-state index in [-0.39, 0.29) is 70.2 Å². The van der Waals surface area contributed by atoms with Crippen molar-refractivity contribution in [2.75, 3.05) is 32.9 Å². The Morgan fingerprint density at radius 2 is 0.865 bits per heavy atom. The average Bonchev–Trinajstić information content (AvgIpc) is 3.34. The molecule has 436 valence electrons. The molecule has 0 heterocycles. The molecular weight excluding hydrogens is 1020 g/mol. The van der Waals surface area contributed by atoms with Gasteiger partial charge < -0.3 is 49.7 Å². The van der Waals surface area contributed by atoms with Gasteiger partial charge in [-0.2, -0.15) is 0 Å². The Bertz CT molecular complexity index is 1600. The van der Waals surface area contributed by atoms with E-state index in [2.05, 4.69) is 24.5 Å². The van der Waals surface area contributed by atoms with Gasteiger partial charge in [0, 0.05) is 45.2 Å². The molecule has 0 saturated carbocycles. The van der Waals surface area contributed by atoms with Crippen molar-refractivity contribution in [2.45, 2.75) is 263 Å². The number of esters is 2. The Morgan fingerprint density at radius 1 is 0.473 bits per heavy atom.